The van der Waals surface area contributed by atoms with Gasteiger partial charge in [-0.2, -0.15) is 0 Å². The van der Waals surface area contributed by atoms with Gasteiger partial charge in [0.15, 0.2) is 6.61 Å². The summed E-state index contributed by atoms with van der Waals surface area (Å²) in [5, 5.41) is 3.03. The lowest BCUT2D eigenvalue weighted by atomic mass is 10.2. The standard InChI is InChI=1S/C17H16ClNO5/c1-22-13-6-3-11(4-7-13)17(21)24-10-16(20)19-14-9-12(18)5-8-15(14)23-2/h3-9H,10H2,1-2H3,(H,19,20). The van der Waals surface area contributed by atoms with Crippen LogP contribution >= 0.6 is 11.6 Å². The maximum absolute atomic E-state index is 11.9. The first kappa shape index (κ1) is 17.6. The van der Waals surface area contributed by atoms with E-state index in [-0.39, 0.29) is 0 Å². The molecule has 0 heterocycles. The summed E-state index contributed by atoms with van der Waals surface area (Å²) in [6, 6.07) is 11.2. The summed E-state index contributed by atoms with van der Waals surface area (Å²) in [5.41, 5.74) is 0.722. The largest absolute Gasteiger partial charge is 0.497 e. The summed E-state index contributed by atoms with van der Waals surface area (Å²) in [4.78, 5) is 23.8. The Morgan fingerprint density at radius 1 is 1.04 bits per heavy atom. The van der Waals surface area contributed by atoms with Gasteiger partial charge in [-0.05, 0) is 42.5 Å². The van der Waals surface area contributed by atoms with Gasteiger partial charge < -0.3 is 19.5 Å². The number of esters is 1. The van der Waals surface area contributed by atoms with Gasteiger partial charge in [-0.25, -0.2) is 4.79 Å². The van der Waals surface area contributed by atoms with E-state index < -0.39 is 18.5 Å². The Morgan fingerprint density at radius 2 is 1.75 bits per heavy atom. The van der Waals surface area contributed by atoms with Crippen molar-refractivity contribution in [3.05, 3.63) is 53.1 Å². The minimum atomic E-state index is -0.606. The van der Waals surface area contributed by atoms with E-state index >= 15 is 0 Å². The first-order valence-corrected chi connectivity index (χ1v) is 7.36. The molecule has 0 fully saturated rings. The van der Waals surface area contributed by atoms with Crippen molar-refractivity contribution >= 4 is 29.2 Å². The SMILES string of the molecule is COc1ccc(C(=O)OCC(=O)Nc2cc(Cl)ccc2OC)cc1. The number of amides is 1. The molecule has 0 unspecified atom stereocenters. The van der Waals surface area contributed by atoms with Crippen molar-refractivity contribution in [1.82, 2.24) is 0 Å². The molecule has 126 valence electrons. The molecule has 1 N–H and O–H groups in total. The molecule has 2 aromatic carbocycles. The molecule has 6 nitrogen and oxygen atoms in total. The number of anilines is 1. The van der Waals surface area contributed by atoms with Crippen LogP contribution in [0, 0.1) is 0 Å². The Bertz CT molecular complexity index is 730. The number of methoxy groups -OCH3 is 2. The molecule has 24 heavy (non-hydrogen) atoms. The Labute approximate surface area is 144 Å². The van der Waals surface area contributed by atoms with Crippen LogP contribution in [-0.2, 0) is 9.53 Å². The van der Waals surface area contributed by atoms with Gasteiger partial charge in [0.1, 0.15) is 11.5 Å². The second-order valence-corrected chi connectivity index (χ2v) is 5.13. The van der Waals surface area contributed by atoms with Crippen LogP contribution in [-0.4, -0.2) is 32.7 Å². The summed E-state index contributed by atoms with van der Waals surface area (Å²) in [6.45, 7) is -0.430. The molecule has 2 aromatic rings. The molecule has 0 saturated carbocycles. The molecule has 7 heteroatoms. The van der Waals surface area contributed by atoms with Crippen molar-refractivity contribution in [3.63, 3.8) is 0 Å². The maximum atomic E-state index is 11.9. The predicted octanol–water partition coefficient (Wildman–Crippen LogP) is 3.15. The van der Waals surface area contributed by atoms with Crippen LogP contribution in [0.25, 0.3) is 0 Å². The van der Waals surface area contributed by atoms with E-state index in [1.165, 1.54) is 14.2 Å². The summed E-state index contributed by atoms with van der Waals surface area (Å²) in [5.74, 6) is -0.0325. The Kier molecular flexibility index (Phi) is 6.03. The third kappa shape index (κ3) is 4.63. The zero-order chi connectivity index (χ0) is 17.5. The number of carbonyl (C=O) groups is 2. The quantitative estimate of drug-likeness (QED) is 0.811. The molecule has 0 aliphatic rings. The molecule has 0 atom stereocenters. The molecule has 0 radical (unpaired) electrons. The maximum Gasteiger partial charge on any atom is 0.338 e. The second kappa shape index (κ2) is 8.21. The molecule has 1 amide bonds. The third-order valence-electron chi connectivity index (χ3n) is 3.10. The smallest absolute Gasteiger partial charge is 0.338 e. The van der Waals surface area contributed by atoms with Gasteiger partial charge in [-0.15, -0.1) is 0 Å². The summed E-state index contributed by atoms with van der Waals surface area (Å²) in [6.07, 6.45) is 0. The zero-order valence-corrected chi connectivity index (χ0v) is 13.9. The minimum absolute atomic E-state index is 0.323. The van der Waals surface area contributed by atoms with Gasteiger partial charge in [0.05, 0.1) is 25.5 Å². The third-order valence-corrected chi connectivity index (χ3v) is 3.33. The molecule has 0 spiro atoms. The Hall–Kier alpha value is -2.73. The predicted molar refractivity (Wildman–Crippen MR) is 89.9 cm³/mol. The number of nitrogens with one attached hydrogen (secondary N) is 1. The fourth-order valence-corrected chi connectivity index (χ4v) is 2.08. The van der Waals surface area contributed by atoms with E-state index in [0.29, 0.717) is 27.8 Å². The van der Waals surface area contributed by atoms with E-state index in [9.17, 15) is 9.59 Å². The van der Waals surface area contributed by atoms with Crippen molar-refractivity contribution in [2.24, 2.45) is 0 Å². The summed E-state index contributed by atoms with van der Waals surface area (Å²) >= 11 is 5.89. The van der Waals surface area contributed by atoms with E-state index in [0.717, 1.165) is 0 Å². The van der Waals surface area contributed by atoms with Gasteiger partial charge in [0.25, 0.3) is 5.91 Å². The van der Waals surface area contributed by atoms with Crippen LogP contribution < -0.4 is 14.8 Å². The van der Waals surface area contributed by atoms with Crippen LogP contribution in [0.1, 0.15) is 10.4 Å². The highest BCUT2D eigenvalue weighted by atomic mass is 35.5. The molecule has 0 aliphatic carbocycles. The Balaban J connectivity index is 1.93. The van der Waals surface area contributed by atoms with Crippen molar-refractivity contribution in [2.45, 2.75) is 0 Å². The number of carbonyl (C=O) groups excluding carboxylic acids is 2. The van der Waals surface area contributed by atoms with Crippen LogP contribution in [0.5, 0.6) is 11.5 Å². The molecule has 0 aliphatic heterocycles. The van der Waals surface area contributed by atoms with Gasteiger partial charge in [0.2, 0.25) is 0 Å². The van der Waals surface area contributed by atoms with E-state index in [4.69, 9.17) is 25.8 Å². The first-order valence-electron chi connectivity index (χ1n) is 6.98. The van der Waals surface area contributed by atoms with Crippen molar-refractivity contribution in [2.75, 3.05) is 26.1 Å². The molecule has 0 bridgehead atoms. The fourth-order valence-electron chi connectivity index (χ4n) is 1.91. The Morgan fingerprint density at radius 3 is 2.38 bits per heavy atom. The second-order valence-electron chi connectivity index (χ2n) is 4.70. The van der Waals surface area contributed by atoms with E-state index in [2.05, 4.69) is 5.32 Å². The molecule has 0 aromatic heterocycles. The molecular weight excluding hydrogens is 334 g/mol. The monoisotopic (exact) mass is 349 g/mol. The van der Waals surface area contributed by atoms with Crippen LogP contribution in [0.15, 0.2) is 42.5 Å². The van der Waals surface area contributed by atoms with Gasteiger partial charge >= 0.3 is 5.97 Å². The van der Waals surface area contributed by atoms with Gasteiger partial charge in [-0.1, -0.05) is 11.6 Å². The number of halogens is 1. The number of rotatable bonds is 6. The van der Waals surface area contributed by atoms with Crippen molar-refractivity contribution in [1.29, 1.82) is 0 Å². The summed E-state index contributed by atoms with van der Waals surface area (Å²) in [7, 11) is 3.00. The average molecular weight is 350 g/mol. The number of ether oxygens (including phenoxy) is 3. The van der Waals surface area contributed by atoms with E-state index in [1.54, 1.807) is 42.5 Å². The van der Waals surface area contributed by atoms with Gasteiger partial charge in [0, 0.05) is 5.02 Å². The molecular formula is C17H16ClNO5. The number of hydrogen-bond acceptors (Lipinski definition) is 5. The average Bonchev–Trinajstić information content (AvgIpc) is 2.60. The van der Waals surface area contributed by atoms with E-state index in [1.807, 2.05) is 0 Å². The zero-order valence-electron chi connectivity index (χ0n) is 13.2. The highest BCUT2D eigenvalue weighted by molar-refractivity contribution is 6.31. The van der Waals surface area contributed by atoms with Crippen LogP contribution in [0.2, 0.25) is 5.02 Å². The lowest BCUT2D eigenvalue weighted by Gasteiger charge is -2.11. The fraction of sp³-hybridized carbons (Fsp3) is 0.176. The topological polar surface area (TPSA) is 73.9 Å². The molecule has 2 rings (SSSR count). The number of benzene rings is 2. The van der Waals surface area contributed by atoms with Crippen LogP contribution in [0.4, 0.5) is 5.69 Å². The summed E-state index contributed by atoms with van der Waals surface area (Å²) < 4.78 is 15.1. The highest BCUT2D eigenvalue weighted by Gasteiger charge is 2.12. The lowest BCUT2D eigenvalue weighted by Crippen LogP contribution is -2.21. The number of hydrogen-bond donors (Lipinski definition) is 1. The van der Waals surface area contributed by atoms with Crippen molar-refractivity contribution in [3.8, 4) is 11.5 Å². The highest BCUT2D eigenvalue weighted by Crippen LogP contribution is 2.27. The lowest BCUT2D eigenvalue weighted by molar-refractivity contribution is -0.119. The van der Waals surface area contributed by atoms with Crippen LogP contribution in [0.3, 0.4) is 0 Å². The van der Waals surface area contributed by atoms with Gasteiger partial charge in [-0.3, -0.25) is 4.79 Å². The minimum Gasteiger partial charge on any atom is -0.497 e. The normalized spacial score (nSPS) is 9.96. The first-order chi connectivity index (χ1) is 11.5. The molecule has 0 saturated heterocycles. The van der Waals surface area contributed by atoms with Crippen molar-refractivity contribution < 1.29 is 23.8 Å².